The quantitative estimate of drug-likeness (QED) is 0.868. The molecule has 18 heavy (non-hydrogen) atoms. The summed E-state index contributed by atoms with van der Waals surface area (Å²) in [5.74, 6) is 0.154. The fourth-order valence-electron chi connectivity index (χ4n) is 2.16. The Morgan fingerprint density at radius 2 is 2.11 bits per heavy atom. The van der Waals surface area contributed by atoms with Crippen molar-refractivity contribution in [3.8, 4) is 0 Å². The summed E-state index contributed by atoms with van der Waals surface area (Å²) in [5, 5.41) is 3.26. The predicted molar refractivity (Wildman–Crippen MR) is 73.7 cm³/mol. The number of amides is 1. The summed E-state index contributed by atoms with van der Waals surface area (Å²) in [6, 6.07) is 7.99. The zero-order valence-corrected chi connectivity index (χ0v) is 11.3. The first kappa shape index (κ1) is 13.1. The molecule has 0 fully saturated rings. The Bertz CT molecular complexity index is 431. The zero-order chi connectivity index (χ0) is 13.1. The van der Waals surface area contributed by atoms with Crippen LogP contribution in [0.3, 0.4) is 0 Å². The van der Waals surface area contributed by atoms with Gasteiger partial charge in [0.25, 0.3) is 0 Å². The Morgan fingerprint density at radius 3 is 2.83 bits per heavy atom. The molecule has 1 unspecified atom stereocenters. The lowest BCUT2D eigenvalue weighted by Crippen LogP contribution is -2.44. The molecule has 0 radical (unpaired) electrons. The van der Waals surface area contributed by atoms with E-state index in [0.717, 1.165) is 25.3 Å². The highest BCUT2D eigenvalue weighted by molar-refractivity contribution is 5.98. The molecule has 1 N–H and O–H groups in total. The second-order valence-corrected chi connectivity index (χ2v) is 5.02. The fourth-order valence-corrected chi connectivity index (χ4v) is 2.16. The highest BCUT2D eigenvalue weighted by atomic mass is 16.2. The number of nitrogens with zero attached hydrogens (tertiary/aromatic N) is 2. The second-order valence-electron chi connectivity index (χ2n) is 5.02. The SMILES string of the molecule is CC1NCc2ccccc2N(CCN(C)C)C1=O. The molecule has 1 aromatic rings. The van der Waals surface area contributed by atoms with E-state index in [2.05, 4.69) is 16.3 Å². The maximum atomic E-state index is 12.4. The molecule has 1 heterocycles. The topological polar surface area (TPSA) is 35.6 Å². The van der Waals surface area contributed by atoms with Crippen LogP contribution in [0, 0.1) is 0 Å². The molecule has 0 spiro atoms. The predicted octanol–water partition coefficient (Wildman–Crippen LogP) is 1.07. The van der Waals surface area contributed by atoms with E-state index in [1.807, 2.05) is 44.1 Å². The summed E-state index contributed by atoms with van der Waals surface area (Å²) < 4.78 is 0. The van der Waals surface area contributed by atoms with Crippen LogP contribution >= 0.6 is 0 Å². The van der Waals surface area contributed by atoms with Gasteiger partial charge in [0.2, 0.25) is 5.91 Å². The van der Waals surface area contributed by atoms with Crippen molar-refractivity contribution in [3.05, 3.63) is 29.8 Å². The van der Waals surface area contributed by atoms with Crippen molar-refractivity contribution in [2.45, 2.75) is 19.5 Å². The summed E-state index contributed by atoms with van der Waals surface area (Å²) in [4.78, 5) is 16.4. The van der Waals surface area contributed by atoms with E-state index in [9.17, 15) is 4.79 Å². The molecule has 4 nitrogen and oxygen atoms in total. The van der Waals surface area contributed by atoms with E-state index >= 15 is 0 Å². The third-order valence-corrected chi connectivity index (χ3v) is 3.29. The standard InChI is InChI=1S/C14H21N3O/c1-11-14(18)17(9-8-16(2)3)13-7-5-4-6-12(13)10-15-11/h4-7,11,15H,8-10H2,1-3H3. The monoisotopic (exact) mass is 247 g/mol. The Labute approximate surface area is 109 Å². The highest BCUT2D eigenvalue weighted by Gasteiger charge is 2.26. The molecule has 1 amide bonds. The van der Waals surface area contributed by atoms with Crippen molar-refractivity contribution in [3.63, 3.8) is 0 Å². The third kappa shape index (κ3) is 2.71. The van der Waals surface area contributed by atoms with Crippen LogP contribution in [0.2, 0.25) is 0 Å². The van der Waals surface area contributed by atoms with Crippen molar-refractivity contribution in [1.29, 1.82) is 0 Å². The Morgan fingerprint density at radius 1 is 1.39 bits per heavy atom. The minimum absolute atomic E-state index is 0.125. The van der Waals surface area contributed by atoms with Crippen LogP contribution in [0.1, 0.15) is 12.5 Å². The molecular weight excluding hydrogens is 226 g/mol. The highest BCUT2D eigenvalue weighted by Crippen LogP contribution is 2.23. The normalized spacial score (nSPS) is 19.9. The van der Waals surface area contributed by atoms with E-state index in [1.165, 1.54) is 5.56 Å². The number of benzene rings is 1. The number of carbonyl (C=O) groups excluding carboxylic acids is 1. The average Bonchev–Trinajstić information content (AvgIpc) is 2.47. The first-order valence-corrected chi connectivity index (χ1v) is 6.37. The van der Waals surface area contributed by atoms with Gasteiger partial charge < -0.3 is 15.1 Å². The molecular formula is C14H21N3O. The van der Waals surface area contributed by atoms with Gasteiger partial charge in [0, 0.05) is 25.3 Å². The summed E-state index contributed by atoms with van der Waals surface area (Å²) >= 11 is 0. The summed E-state index contributed by atoms with van der Waals surface area (Å²) in [7, 11) is 4.05. The van der Waals surface area contributed by atoms with Gasteiger partial charge in [-0.05, 0) is 32.6 Å². The van der Waals surface area contributed by atoms with E-state index in [0.29, 0.717) is 0 Å². The van der Waals surface area contributed by atoms with Crippen LogP contribution in [0.4, 0.5) is 5.69 Å². The third-order valence-electron chi connectivity index (χ3n) is 3.29. The maximum Gasteiger partial charge on any atom is 0.243 e. The Hall–Kier alpha value is -1.39. The Balaban J connectivity index is 2.29. The number of anilines is 1. The minimum atomic E-state index is -0.125. The van der Waals surface area contributed by atoms with Crippen LogP contribution in [0.5, 0.6) is 0 Å². The van der Waals surface area contributed by atoms with Gasteiger partial charge in [-0.2, -0.15) is 0 Å². The van der Waals surface area contributed by atoms with Crippen LogP contribution in [-0.2, 0) is 11.3 Å². The summed E-state index contributed by atoms with van der Waals surface area (Å²) in [6.07, 6.45) is 0. The largest absolute Gasteiger partial charge is 0.309 e. The van der Waals surface area contributed by atoms with Crippen molar-refractivity contribution in [2.75, 3.05) is 32.1 Å². The van der Waals surface area contributed by atoms with Crippen molar-refractivity contribution >= 4 is 11.6 Å². The number of likely N-dealkylation sites (N-methyl/N-ethyl adjacent to an activating group) is 1. The van der Waals surface area contributed by atoms with Crippen molar-refractivity contribution in [1.82, 2.24) is 10.2 Å². The first-order chi connectivity index (χ1) is 8.59. The number of hydrogen-bond donors (Lipinski definition) is 1. The molecule has 4 heteroatoms. The van der Waals surface area contributed by atoms with Gasteiger partial charge in [-0.15, -0.1) is 0 Å². The molecule has 0 bridgehead atoms. The van der Waals surface area contributed by atoms with Crippen LogP contribution in [0.25, 0.3) is 0 Å². The summed E-state index contributed by atoms with van der Waals surface area (Å²) in [5.41, 5.74) is 2.23. The number of nitrogens with one attached hydrogen (secondary N) is 1. The molecule has 2 rings (SSSR count). The number of para-hydroxylation sites is 1. The number of carbonyl (C=O) groups is 1. The average molecular weight is 247 g/mol. The van der Waals surface area contributed by atoms with E-state index in [4.69, 9.17) is 0 Å². The number of rotatable bonds is 3. The van der Waals surface area contributed by atoms with Crippen molar-refractivity contribution in [2.24, 2.45) is 0 Å². The van der Waals surface area contributed by atoms with E-state index in [-0.39, 0.29) is 11.9 Å². The fraction of sp³-hybridized carbons (Fsp3) is 0.500. The van der Waals surface area contributed by atoms with Crippen LogP contribution < -0.4 is 10.2 Å². The molecule has 1 aromatic carbocycles. The molecule has 0 aliphatic carbocycles. The lowest BCUT2D eigenvalue weighted by atomic mass is 10.1. The zero-order valence-electron chi connectivity index (χ0n) is 11.3. The molecule has 1 atom stereocenters. The molecule has 0 saturated carbocycles. The molecule has 98 valence electrons. The van der Waals surface area contributed by atoms with E-state index < -0.39 is 0 Å². The van der Waals surface area contributed by atoms with E-state index in [1.54, 1.807) is 0 Å². The van der Waals surface area contributed by atoms with Gasteiger partial charge in [-0.3, -0.25) is 4.79 Å². The van der Waals surface area contributed by atoms with Gasteiger partial charge in [0.1, 0.15) is 0 Å². The molecule has 1 aliphatic heterocycles. The van der Waals surface area contributed by atoms with Gasteiger partial charge in [-0.25, -0.2) is 0 Å². The van der Waals surface area contributed by atoms with Gasteiger partial charge in [0.15, 0.2) is 0 Å². The van der Waals surface area contributed by atoms with Gasteiger partial charge in [-0.1, -0.05) is 18.2 Å². The molecule has 0 aromatic heterocycles. The summed E-state index contributed by atoms with van der Waals surface area (Å²) in [6.45, 7) is 4.28. The van der Waals surface area contributed by atoms with Gasteiger partial charge in [0.05, 0.1) is 6.04 Å². The van der Waals surface area contributed by atoms with Crippen LogP contribution in [-0.4, -0.2) is 44.0 Å². The number of hydrogen-bond acceptors (Lipinski definition) is 3. The maximum absolute atomic E-state index is 12.4. The lowest BCUT2D eigenvalue weighted by molar-refractivity contribution is -0.120. The minimum Gasteiger partial charge on any atom is -0.309 e. The smallest absolute Gasteiger partial charge is 0.243 e. The lowest BCUT2D eigenvalue weighted by Gasteiger charge is -2.25. The van der Waals surface area contributed by atoms with Crippen LogP contribution in [0.15, 0.2) is 24.3 Å². The number of fused-ring (bicyclic) bond motifs is 1. The Kier molecular flexibility index (Phi) is 3.99. The molecule has 0 saturated heterocycles. The molecule has 1 aliphatic rings. The second kappa shape index (κ2) is 5.50. The first-order valence-electron chi connectivity index (χ1n) is 6.37. The van der Waals surface area contributed by atoms with Crippen molar-refractivity contribution < 1.29 is 4.79 Å². The van der Waals surface area contributed by atoms with Gasteiger partial charge >= 0.3 is 0 Å².